The smallest absolute Gasteiger partial charge is 0.180 e. The first-order valence-electron chi connectivity index (χ1n) is 6.47. The van der Waals surface area contributed by atoms with Gasteiger partial charge in [0.25, 0.3) is 0 Å². The van der Waals surface area contributed by atoms with Gasteiger partial charge in [0.1, 0.15) is 11.6 Å². The van der Waals surface area contributed by atoms with Crippen molar-refractivity contribution in [3.63, 3.8) is 0 Å². The Hall–Kier alpha value is -2.15. The van der Waals surface area contributed by atoms with E-state index in [9.17, 15) is 4.39 Å². The normalized spacial score (nSPS) is 10.8. The fourth-order valence-corrected chi connectivity index (χ4v) is 2.24. The lowest BCUT2D eigenvalue weighted by atomic mass is 10.3. The van der Waals surface area contributed by atoms with Crippen LogP contribution in [0.1, 0.15) is 6.92 Å². The third kappa shape index (κ3) is 2.82. The summed E-state index contributed by atoms with van der Waals surface area (Å²) < 4.78 is 15.9. The number of aromatic nitrogens is 3. The van der Waals surface area contributed by atoms with Crippen LogP contribution in [0.3, 0.4) is 0 Å². The highest BCUT2D eigenvalue weighted by Gasteiger charge is 2.09. The van der Waals surface area contributed by atoms with Gasteiger partial charge in [-0.15, -0.1) is 0 Å². The van der Waals surface area contributed by atoms with Crippen LogP contribution < -0.4 is 10.6 Å². The zero-order chi connectivity index (χ0) is 14.8. The number of nitrogens with one attached hydrogen (secondary N) is 2. The summed E-state index contributed by atoms with van der Waals surface area (Å²) >= 11 is 3.14. The summed E-state index contributed by atoms with van der Waals surface area (Å²) in [6, 6.07) is 4.83. The molecule has 0 unspecified atom stereocenters. The van der Waals surface area contributed by atoms with E-state index in [1.807, 2.05) is 23.7 Å². The van der Waals surface area contributed by atoms with Crippen LogP contribution in [0.25, 0.3) is 5.65 Å². The van der Waals surface area contributed by atoms with Crippen LogP contribution in [0.5, 0.6) is 0 Å². The number of imidazole rings is 1. The highest BCUT2D eigenvalue weighted by molar-refractivity contribution is 9.10. The Bertz CT molecular complexity index is 786. The lowest BCUT2D eigenvalue weighted by Crippen LogP contribution is -2.05. The zero-order valence-corrected chi connectivity index (χ0v) is 12.9. The fourth-order valence-electron chi connectivity index (χ4n) is 1.99. The Labute approximate surface area is 129 Å². The highest BCUT2D eigenvalue weighted by Crippen LogP contribution is 2.24. The molecule has 0 fully saturated rings. The van der Waals surface area contributed by atoms with E-state index in [0.717, 1.165) is 12.4 Å². The summed E-state index contributed by atoms with van der Waals surface area (Å²) in [5, 5.41) is 6.26. The molecule has 0 aliphatic rings. The maximum atomic E-state index is 13.6. The van der Waals surface area contributed by atoms with Gasteiger partial charge < -0.3 is 15.0 Å². The first kappa shape index (κ1) is 13.8. The molecule has 2 N–H and O–H groups in total. The van der Waals surface area contributed by atoms with E-state index < -0.39 is 0 Å². The standard InChI is InChI=1S/C14H13BrFN5/c1-2-17-12-8-21-6-5-18-14(21)13(20-12)19-9-3-4-10(15)11(16)7-9/h3-8,17H,2H2,1H3,(H,19,20). The predicted molar refractivity (Wildman–Crippen MR) is 84.5 cm³/mol. The molecule has 0 saturated heterocycles. The highest BCUT2D eigenvalue weighted by atomic mass is 79.9. The van der Waals surface area contributed by atoms with E-state index in [-0.39, 0.29) is 5.82 Å². The monoisotopic (exact) mass is 349 g/mol. The van der Waals surface area contributed by atoms with Crippen LogP contribution in [0, 0.1) is 5.82 Å². The van der Waals surface area contributed by atoms with Crippen molar-refractivity contribution in [2.75, 3.05) is 17.2 Å². The third-order valence-electron chi connectivity index (χ3n) is 2.91. The molecule has 0 saturated carbocycles. The topological polar surface area (TPSA) is 54.2 Å². The third-order valence-corrected chi connectivity index (χ3v) is 3.56. The van der Waals surface area contributed by atoms with Crippen LogP contribution >= 0.6 is 15.9 Å². The zero-order valence-electron chi connectivity index (χ0n) is 11.3. The molecular weight excluding hydrogens is 337 g/mol. The largest absolute Gasteiger partial charge is 0.369 e. The minimum absolute atomic E-state index is 0.331. The van der Waals surface area contributed by atoms with E-state index in [0.29, 0.717) is 21.6 Å². The van der Waals surface area contributed by atoms with Gasteiger partial charge in [0.2, 0.25) is 0 Å². The first-order chi connectivity index (χ1) is 10.2. The lowest BCUT2D eigenvalue weighted by molar-refractivity contribution is 0.622. The number of fused-ring (bicyclic) bond motifs is 1. The minimum Gasteiger partial charge on any atom is -0.369 e. The van der Waals surface area contributed by atoms with Gasteiger partial charge in [0.05, 0.1) is 10.7 Å². The van der Waals surface area contributed by atoms with Crippen molar-refractivity contribution in [1.82, 2.24) is 14.4 Å². The Kier molecular flexibility index (Phi) is 3.74. The van der Waals surface area contributed by atoms with Crippen molar-refractivity contribution in [3.05, 3.63) is 47.1 Å². The fraction of sp³-hybridized carbons (Fsp3) is 0.143. The number of benzene rings is 1. The van der Waals surface area contributed by atoms with Crippen LogP contribution in [0.2, 0.25) is 0 Å². The van der Waals surface area contributed by atoms with Gasteiger partial charge in [-0.3, -0.25) is 0 Å². The summed E-state index contributed by atoms with van der Waals surface area (Å²) in [6.45, 7) is 2.76. The van der Waals surface area contributed by atoms with E-state index >= 15 is 0 Å². The van der Waals surface area contributed by atoms with Crippen molar-refractivity contribution < 1.29 is 4.39 Å². The van der Waals surface area contributed by atoms with Crippen LogP contribution in [-0.4, -0.2) is 20.9 Å². The van der Waals surface area contributed by atoms with Gasteiger partial charge in [-0.05, 0) is 41.1 Å². The summed E-state index contributed by atoms with van der Waals surface area (Å²) in [5.74, 6) is 0.963. The van der Waals surface area contributed by atoms with Crippen molar-refractivity contribution in [2.24, 2.45) is 0 Å². The molecule has 3 rings (SSSR count). The SMILES string of the molecule is CCNc1cn2ccnc2c(Nc2ccc(Br)c(F)c2)n1. The Morgan fingerprint density at radius 3 is 3.00 bits per heavy atom. The maximum Gasteiger partial charge on any atom is 0.180 e. The second-order valence-electron chi connectivity index (χ2n) is 4.42. The second kappa shape index (κ2) is 5.69. The molecule has 7 heteroatoms. The van der Waals surface area contributed by atoms with Crippen molar-refractivity contribution >= 4 is 38.9 Å². The Balaban J connectivity index is 2.01. The average molecular weight is 350 g/mol. The Morgan fingerprint density at radius 1 is 1.38 bits per heavy atom. The van der Waals surface area contributed by atoms with E-state index in [1.165, 1.54) is 6.07 Å². The molecule has 0 atom stereocenters. The summed E-state index contributed by atoms with van der Waals surface area (Å²) in [7, 11) is 0. The van der Waals surface area contributed by atoms with Crippen LogP contribution in [0.4, 0.5) is 21.7 Å². The van der Waals surface area contributed by atoms with E-state index in [2.05, 4.69) is 36.5 Å². The molecule has 0 radical (unpaired) electrons. The maximum absolute atomic E-state index is 13.6. The molecule has 21 heavy (non-hydrogen) atoms. The first-order valence-corrected chi connectivity index (χ1v) is 7.26. The number of hydrogen-bond donors (Lipinski definition) is 2. The molecule has 108 valence electrons. The number of rotatable bonds is 4. The summed E-state index contributed by atoms with van der Waals surface area (Å²) in [5.41, 5.74) is 1.29. The van der Waals surface area contributed by atoms with Gasteiger partial charge in [-0.2, -0.15) is 0 Å². The van der Waals surface area contributed by atoms with E-state index in [1.54, 1.807) is 18.3 Å². The van der Waals surface area contributed by atoms with Gasteiger partial charge in [-0.25, -0.2) is 14.4 Å². The number of hydrogen-bond acceptors (Lipinski definition) is 4. The molecule has 2 aromatic heterocycles. The number of halogens is 2. The summed E-state index contributed by atoms with van der Waals surface area (Å²) in [6.07, 6.45) is 5.39. The Morgan fingerprint density at radius 2 is 2.24 bits per heavy atom. The molecular formula is C14H13BrFN5. The molecule has 0 bridgehead atoms. The predicted octanol–water partition coefficient (Wildman–Crippen LogP) is 3.81. The van der Waals surface area contributed by atoms with Gasteiger partial charge in [0, 0.05) is 24.6 Å². The van der Waals surface area contributed by atoms with Gasteiger partial charge in [-0.1, -0.05) is 0 Å². The number of nitrogens with zero attached hydrogens (tertiary/aromatic N) is 3. The number of anilines is 3. The van der Waals surface area contributed by atoms with Gasteiger partial charge in [0.15, 0.2) is 11.5 Å². The van der Waals surface area contributed by atoms with Gasteiger partial charge >= 0.3 is 0 Å². The molecule has 0 spiro atoms. The molecule has 3 aromatic rings. The molecule has 0 aliphatic heterocycles. The molecule has 5 nitrogen and oxygen atoms in total. The quantitative estimate of drug-likeness (QED) is 0.751. The second-order valence-corrected chi connectivity index (χ2v) is 5.27. The van der Waals surface area contributed by atoms with E-state index in [4.69, 9.17) is 0 Å². The van der Waals surface area contributed by atoms with Crippen LogP contribution in [0.15, 0.2) is 41.3 Å². The lowest BCUT2D eigenvalue weighted by Gasteiger charge is -2.10. The molecule has 2 heterocycles. The minimum atomic E-state index is -0.331. The molecule has 0 aliphatic carbocycles. The average Bonchev–Trinajstić information content (AvgIpc) is 2.92. The van der Waals surface area contributed by atoms with Crippen molar-refractivity contribution in [3.8, 4) is 0 Å². The summed E-state index contributed by atoms with van der Waals surface area (Å²) in [4.78, 5) is 8.73. The molecule has 0 amide bonds. The van der Waals surface area contributed by atoms with Crippen molar-refractivity contribution in [1.29, 1.82) is 0 Å². The molecule has 1 aromatic carbocycles. The van der Waals surface area contributed by atoms with Crippen molar-refractivity contribution in [2.45, 2.75) is 6.92 Å². The van der Waals surface area contributed by atoms with Crippen LogP contribution in [-0.2, 0) is 0 Å².